The first kappa shape index (κ1) is 38.7. The molecule has 0 N–H and O–H groups in total. The quantitative estimate of drug-likeness (QED) is 0.101. The van der Waals surface area contributed by atoms with Crippen LogP contribution in [0.5, 0.6) is 0 Å². The van der Waals surface area contributed by atoms with Crippen molar-refractivity contribution in [3.8, 4) is 0 Å². The van der Waals surface area contributed by atoms with Gasteiger partial charge in [-0.05, 0) is 0 Å². The maximum absolute atomic E-state index is 13.5. The summed E-state index contributed by atoms with van der Waals surface area (Å²) in [7, 11) is -18.3. The molecule has 0 aromatic carbocycles. The average Bonchev–Trinajstić information content (AvgIpc) is 2.47. The number of nitrogens with zero attached hydrogens (tertiary/aromatic N) is 4. The Morgan fingerprint density at radius 2 is 0.605 bits per heavy atom. The molecule has 236 valence electrons. The molecule has 0 amide bonds. The molecule has 24 heteroatoms. The van der Waals surface area contributed by atoms with Crippen molar-refractivity contribution in [2.45, 2.75) is 23.7 Å². The normalized spacial score (nSPS) is 17.5. The van der Waals surface area contributed by atoms with Gasteiger partial charge in [-0.3, -0.25) is 0 Å². The van der Waals surface area contributed by atoms with Crippen LogP contribution >= 0.6 is 14.4 Å². The van der Waals surface area contributed by atoms with Crippen LogP contribution in [0.25, 0.3) is 0 Å². The zero-order valence-corrected chi connectivity index (χ0v) is 22.3. The van der Waals surface area contributed by atoms with Crippen LogP contribution < -0.4 is 0 Å². The van der Waals surface area contributed by atoms with E-state index in [1.54, 1.807) is 0 Å². The summed E-state index contributed by atoms with van der Waals surface area (Å²) in [5.74, 6) is 0. The van der Waals surface area contributed by atoms with Crippen LogP contribution in [-0.2, 0) is 0 Å². The molecule has 0 aliphatic heterocycles. The molecule has 0 fully saturated rings. The molecule has 0 radical (unpaired) electrons. The molecular weight excluding hydrogens is 628 g/mol. The number of hydrogen-bond acceptors (Lipinski definition) is 0. The summed E-state index contributed by atoms with van der Waals surface area (Å²) < 4.78 is 230. The first-order chi connectivity index (χ1) is 15.6. The number of amidine groups is 2. The number of rotatable bonds is 4. The fraction of sp³-hybridized carbons (Fsp3) is 0.857. The molecule has 0 aromatic heterocycles. The summed E-state index contributed by atoms with van der Waals surface area (Å²) in [6.07, 6.45) is -14.2. The Balaban J connectivity index is 0. The molecule has 38 heavy (non-hydrogen) atoms. The Bertz CT molecular complexity index is 904. The van der Waals surface area contributed by atoms with Crippen molar-refractivity contribution < 1.29 is 86.6 Å². The van der Waals surface area contributed by atoms with Gasteiger partial charge in [-0.1, -0.05) is 0 Å². The second kappa shape index (κ2) is 8.52. The first-order valence-corrected chi connectivity index (χ1v) is 13.6. The van der Waals surface area contributed by atoms with Gasteiger partial charge < -0.3 is 0 Å². The van der Waals surface area contributed by atoms with Gasteiger partial charge in [0, 0.05) is 0 Å². The van der Waals surface area contributed by atoms with E-state index in [0.29, 0.717) is 56.4 Å². The van der Waals surface area contributed by atoms with Crippen molar-refractivity contribution in [1.82, 2.24) is 9.80 Å². The number of hydrogen-bond donors (Lipinski definition) is 0. The third kappa shape index (κ3) is 5.70. The van der Waals surface area contributed by atoms with Gasteiger partial charge in [0.15, 0.2) is 0 Å². The molecule has 0 heterocycles. The van der Waals surface area contributed by atoms with Gasteiger partial charge in [0.25, 0.3) is 0 Å². The van der Waals surface area contributed by atoms with Crippen LogP contribution in [0, 0.1) is 0 Å². The molecule has 0 spiro atoms. The van der Waals surface area contributed by atoms with E-state index >= 15 is 0 Å². The first-order valence-electron chi connectivity index (χ1n) is 9.11. The van der Waals surface area contributed by atoms with Gasteiger partial charge in [-0.15, -0.1) is 0 Å². The van der Waals surface area contributed by atoms with E-state index in [1.165, 1.54) is 0 Å². The molecule has 0 aromatic rings. The third-order valence-electron chi connectivity index (χ3n) is 4.22. The predicted octanol–water partition coefficient (Wildman–Crippen LogP) is 7.92. The van der Waals surface area contributed by atoms with Gasteiger partial charge in [-0.2, -0.15) is 0 Å². The van der Waals surface area contributed by atoms with E-state index < -0.39 is 49.2 Å². The standard InChI is InChI=1S/2C7H12F9N2P/c2*1-17(2)5(18(3)4)19(13,14,15,16)7(11,12)6(8,9)10/h2*1-4H3. The van der Waals surface area contributed by atoms with Crippen molar-refractivity contribution in [3.05, 3.63) is 0 Å². The molecule has 0 rings (SSSR count). The second-order valence-electron chi connectivity index (χ2n) is 8.60. The molecule has 0 aliphatic carbocycles. The van der Waals surface area contributed by atoms with Gasteiger partial charge in [-0.25, -0.2) is 0 Å². The summed E-state index contributed by atoms with van der Waals surface area (Å²) in [5, 5.41) is 0. The SMILES string of the molecule is CN(C)C(=[N+](C)C)[P-](F)(F)(F)(F)C(F)(F)C(F)(F)F.CN(C)C(=[N+](C)C)[P-](F)(F)(F)(F)C(F)(F)C(F)(F)F. The van der Waals surface area contributed by atoms with Crippen molar-refractivity contribution >= 4 is 25.5 Å². The summed E-state index contributed by atoms with van der Waals surface area (Å²) in [6.45, 7) is 0. The van der Waals surface area contributed by atoms with Crippen LogP contribution in [0.1, 0.15) is 0 Å². The van der Waals surface area contributed by atoms with Crippen molar-refractivity contribution in [3.63, 3.8) is 0 Å². The van der Waals surface area contributed by atoms with E-state index in [-0.39, 0.29) is 19.0 Å². The van der Waals surface area contributed by atoms with Crippen LogP contribution in [-0.4, -0.2) is 110 Å². The molecular formula is C14H24F18N4P2. The summed E-state index contributed by atoms with van der Waals surface area (Å²) >= 11 is 0. The monoisotopic (exact) mass is 652 g/mol. The summed E-state index contributed by atoms with van der Waals surface area (Å²) in [4.78, 5) is -0.314. The van der Waals surface area contributed by atoms with Crippen molar-refractivity contribution in [2.24, 2.45) is 0 Å². The fourth-order valence-corrected chi connectivity index (χ4v) is 7.91. The van der Waals surface area contributed by atoms with E-state index in [1.807, 2.05) is 0 Å². The van der Waals surface area contributed by atoms with Crippen LogP contribution in [0.3, 0.4) is 0 Å². The molecule has 0 saturated carbocycles. The maximum atomic E-state index is 13.5. The van der Waals surface area contributed by atoms with Crippen molar-refractivity contribution in [1.29, 1.82) is 0 Å². The zero-order valence-electron chi connectivity index (χ0n) is 20.5. The molecule has 4 nitrogen and oxygen atoms in total. The second-order valence-corrected chi connectivity index (χ2v) is 15.2. The molecule has 0 saturated heterocycles. The van der Waals surface area contributed by atoms with Crippen LogP contribution in [0.4, 0.5) is 77.5 Å². The van der Waals surface area contributed by atoms with E-state index in [4.69, 9.17) is 0 Å². The average molecular weight is 652 g/mol. The minimum absolute atomic E-state index is 0.157. The van der Waals surface area contributed by atoms with Gasteiger partial charge in [0.1, 0.15) is 0 Å². The fourth-order valence-electron chi connectivity index (χ4n) is 3.17. The van der Waals surface area contributed by atoms with Gasteiger partial charge >= 0.3 is 202 Å². The van der Waals surface area contributed by atoms with Crippen LogP contribution in [0.15, 0.2) is 0 Å². The molecule has 0 aliphatic rings. The predicted molar refractivity (Wildman–Crippen MR) is 106 cm³/mol. The number of alkyl halides is 10. The summed E-state index contributed by atoms with van der Waals surface area (Å²) in [6, 6.07) is 0. The Labute approximate surface area is 203 Å². The van der Waals surface area contributed by atoms with E-state index in [2.05, 4.69) is 0 Å². The van der Waals surface area contributed by atoms with E-state index in [9.17, 15) is 77.5 Å². The number of halogens is 18. The topological polar surface area (TPSA) is 12.5 Å². The minimum atomic E-state index is -11.2. The Morgan fingerprint density at radius 1 is 0.447 bits per heavy atom. The van der Waals surface area contributed by atoms with Crippen molar-refractivity contribution in [2.75, 3.05) is 56.4 Å². The molecule has 0 bridgehead atoms. The van der Waals surface area contributed by atoms with Crippen LogP contribution in [0.2, 0.25) is 0 Å². The third-order valence-corrected chi connectivity index (χ3v) is 10.2. The Kier molecular flexibility index (Phi) is 8.67. The summed E-state index contributed by atoms with van der Waals surface area (Å²) in [5.41, 5.74) is -20.2. The zero-order chi connectivity index (χ0) is 32.3. The molecule has 0 atom stereocenters. The van der Waals surface area contributed by atoms with Gasteiger partial charge in [0.2, 0.25) is 0 Å². The van der Waals surface area contributed by atoms with Gasteiger partial charge in [0.05, 0.1) is 0 Å². The Hall–Kier alpha value is -1.46. The molecule has 0 unspecified atom stereocenters. The Morgan fingerprint density at radius 3 is 0.684 bits per heavy atom. The van der Waals surface area contributed by atoms with E-state index in [0.717, 1.165) is 0 Å².